The van der Waals surface area contributed by atoms with Crippen molar-refractivity contribution in [3.8, 4) is 11.5 Å². The average molecular weight is 657 g/mol. The van der Waals surface area contributed by atoms with E-state index in [2.05, 4.69) is 48.5 Å². The van der Waals surface area contributed by atoms with E-state index in [0.717, 1.165) is 48.3 Å². The summed E-state index contributed by atoms with van der Waals surface area (Å²) in [7, 11) is 3.31. The number of carbonyl (C=O) groups is 2. The highest BCUT2D eigenvalue weighted by atomic mass is 16.5. The van der Waals surface area contributed by atoms with E-state index in [1.54, 1.807) is 21.1 Å². The lowest BCUT2D eigenvalue weighted by Crippen LogP contribution is -2.34. The molecular formula is C40H48O8. The molecular weight excluding hydrogens is 608 g/mol. The summed E-state index contributed by atoms with van der Waals surface area (Å²) in [5.74, 6) is 1.79. The fraction of sp³-hybridized carbons (Fsp3) is 0.500. The molecule has 48 heavy (non-hydrogen) atoms. The summed E-state index contributed by atoms with van der Waals surface area (Å²) < 4.78 is 35.1. The summed E-state index contributed by atoms with van der Waals surface area (Å²) in [4.78, 5) is 25.4. The number of Topliss-reactive ketones (excluding diaryl/α,β-unsaturated/α-hetero) is 2. The van der Waals surface area contributed by atoms with Gasteiger partial charge in [-0.1, -0.05) is 48.5 Å². The number of hydrogen-bond acceptors (Lipinski definition) is 8. The van der Waals surface area contributed by atoms with Crippen LogP contribution in [0.25, 0.3) is 0 Å². The summed E-state index contributed by atoms with van der Waals surface area (Å²) >= 11 is 0. The van der Waals surface area contributed by atoms with Gasteiger partial charge < -0.3 is 28.4 Å². The summed E-state index contributed by atoms with van der Waals surface area (Å²) in [6, 6.07) is 21.4. The smallest absolute Gasteiger partial charge is 0.143 e. The molecule has 7 rings (SSSR count). The Morgan fingerprint density at radius 2 is 1.02 bits per heavy atom. The minimum atomic E-state index is -0.374. The largest absolute Gasteiger partial charge is 0.491 e. The molecule has 8 heteroatoms. The third kappa shape index (κ3) is 7.22. The monoisotopic (exact) mass is 656 g/mol. The molecule has 256 valence electrons. The predicted molar refractivity (Wildman–Crippen MR) is 182 cm³/mol. The first-order valence-electron chi connectivity index (χ1n) is 17.3. The van der Waals surface area contributed by atoms with Crippen LogP contribution >= 0.6 is 0 Å². The van der Waals surface area contributed by atoms with Crippen molar-refractivity contribution in [3.05, 3.63) is 94.0 Å². The van der Waals surface area contributed by atoms with Crippen LogP contribution in [0, 0.1) is 17.8 Å². The van der Waals surface area contributed by atoms with E-state index < -0.39 is 0 Å². The van der Waals surface area contributed by atoms with E-state index in [0.29, 0.717) is 39.6 Å². The highest BCUT2D eigenvalue weighted by Crippen LogP contribution is 2.60. The Morgan fingerprint density at radius 1 is 0.604 bits per heavy atom. The SMILES string of the molecule is COCCOCC(COCCOc1ccc(OCCOC)c2c1C1c3ccccc3C2c2ccccc21)C(=O)C1CCC(C(C)=O)CC1. The molecule has 0 saturated heterocycles. The van der Waals surface area contributed by atoms with Gasteiger partial charge in [-0.25, -0.2) is 0 Å². The van der Waals surface area contributed by atoms with Crippen molar-refractivity contribution in [2.75, 3.05) is 67.1 Å². The third-order valence-electron chi connectivity index (χ3n) is 10.2. The van der Waals surface area contributed by atoms with E-state index in [1.165, 1.54) is 22.3 Å². The molecule has 0 aromatic heterocycles. The maximum atomic E-state index is 13.6. The molecule has 0 spiro atoms. The maximum Gasteiger partial charge on any atom is 0.143 e. The van der Waals surface area contributed by atoms with Crippen LogP contribution in [0.1, 0.15) is 77.8 Å². The minimum absolute atomic E-state index is 0.0311. The summed E-state index contributed by atoms with van der Waals surface area (Å²) in [6.45, 7) is 4.73. The second kappa shape index (κ2) is 16.2. The average Bonchev–Trinajstić information content (AvgIpc) is 3.12. The molecule has 0 heterocycles. The first kappa shape index (κ1) is 34.3. The van der Waals surface area contributed by atoms with Crippen LogP contribution in [0.2, 0.25) is 0 Å². The lowest BCUT2D eigenvalue weighted by atomic mass is 9.60. The van der Waals surface area contributed by atoms with Crippen LogP contribution < -0.4 is 9.47 Å². The van der Waals surface area contributed by atoms with Gasteiger partial charge in [0.15, 0.2) is 0 Å². The van der Waals surface area contributed by atoms with E-state index in [1.807, 2.05) is 12.1 Å². The molecule has 0 aliphatic heterocycles. The Bertz CT molecular complexity index is 1510. The molecule has 1 fully saturated rings. The molecule has 3 aromatic rings. The normalized spacial score (nSPS) is 21.1. The molecule has 2 bridgehead atoms. The number of ether oxygens (including phenoxy) is 6. The maximum absolute atomic E-state index is 13.6. The number of ketones is 2. The van der Waals surface area contributed by atoms with Gasteiger partial charge in [-0.15, -0.1) is 0 Å². The van der Waals surface area contributed by atoms with Crippen molar-refractivity contribution in [2.45, 2.75) is 44.4 Å². The third-order valence-corrected chi connectivity index (χ3v) is 10.2. The topological polar surface area (TPSA) is 89.5 Å². The van der Waals surface area contributed by atoms with Crippen LogP contribution in [0.4, 0.5) is 0 Å². The lowest BCUT2D eigenvalue weighted by Gasteiger charge is -2.43. The van der Waals surface area contributed by atoms with Crippen molar-refractivity contribution < 1.29 is 38.0 Å². The van der Waals surface area contributed by atoms with Crippen LogP contribution in [0.5, 0.6) is 11.5 Å². The molecule has 0 amide bonds. The van der Waals surface area contributed by atoms with Gasteiger partial charge in [-0.3, -0.25) is 9.59 Å². The second-order valence-corrected chi connectivity index (χ2v) is 13.1. The van der Waals surface area contributed by atoms with Crippen molar-refractivity contribution >= 4 is 11.6 Å². The zero-order valence-corrected chi connectivity index (χ0v) is 28.4. The minimum Gasteiger partial charge on any atom is -0.491 e. The number of rotatable bonds is 18. The Kier molecular flexibility index (Phi) is 11.6. The Balaban J connectivity index is 1.15. The predicted octanol–water partition coefficient (Wildman–Crippen LogP) is 6.34. The summed E-state index contributed by atoms with van der Waals surface area (Å²) in [5, 5.41) is 0. The fourth-order valence-electron chi connectivity index (χ4n) is 7.84. The second-order valence-electron chi connectivity index (χ2n) is 13.1. The first-order valence-corrected chi connectivity index (χ1v) is 17.3. The van der Waals surface area contributed by atoms with Crippen molar-refractivity contribution in [3.63, 3.8) is 0 Å². The van der Waals surface area contributed by atoms with Gasteiger partial charge in [0, 0.05) is 49.0 Å². The molecule has 1 saturated carbocycles. The van der Waals surface area contributed by atoms with Crippen LogP contribution in [-0.2, 0) is 28.5 Å². The summed E-state index contributed by atoms with van der Waals surface area (Å²) in [5.41, 5.74) is 7.53. The molecule has 0 N–H and O–H groups in total. The van der Waals surface area contributed by atoms with Gasteiger partial charge in [0.05, 0.1) is 45.6 Å². The molecule has 8 nitrogen and oxygen atoms in total. The van der Waals surface area contributed by atoms with E-state index in [9.17, 15) is 9.59 Å². The quantitative estimate of drug-likeness (QED) is 0.101. The van der Waals surface area contributed by atoms with Gasteiger partial charge in [-0.05, 0) is 67.0 Å². The highest BCUT2D eigenvalue weighted by Gasteiger charge is 2.44. The summed E-state index contributed by atoms with van der Waals surface area (Å²) in [6.07, 6.45) is 3.03. The molecule has 3 aromatic carbocycles. The van der Waals surface area contributed by atoms with Gasteiger partial charge in [-0.2, -0.15) is 0 Å². The number of methoxy groups -OCH3 is 2. The standard InChI is InChI=1S/C40H48O8/c1-26(41)27-12-14-28(15-13-27)40(42)29(24-45-20-18-43-2)25-46-21-23-48-35-17-16-34(47-22-19-44-3)38-36-30-8-4-6-10-32(30)37(39(35)38)33-11-7-5-9-31(33)36/h4-11,16-17,27-29,36-37H,12-15,18-25H2,1-3H3. The molecule has 4 aliphatic rings. The van der Waals surface area contributed by atoms with E-state index in [-0.39, 0.29) is 54.4 Å². The van der Waals surface area contributed by atoms with Gasteiger partial charge in [0.25, 0.3) is 0 Å². The first-order chi connectivity index (χ1) is 23.5. The highest BCUT2D eigenvalue weighted by molar-refractivity contribution is 5.84. The molecule has 1 atom stereocenters. The van der Waals surface area contributed by atoms with Crippen molar-refractivity contribution in [2.24, 2.45) is 17.8 Å². The van der Waals surface area contributed by atoms with Crippen molar-refractivity contribution in [1.29, 1.82) is 0 Å². The fourth-order valence-corrected chi connectivity index (χ4v) is 7.84. The van der Waals surface area contributed by atoms with Gasteiger partial charge in [0.1, 0.15) is 36.3 Å². The Morgan fingerprint density at radius 3 is 1.48 bits per heavy atom. The van der Waals surface area contributed by atoms with Crippen LogP contribution in [0.15, 0.2) is 60.7 Å². The van der Waals surface area contributed by atoms with Gasteiger partial charge in [0.2, 0.25) is 0 Å². The van der Waals surface area contributed by atoms with Gasteiger partial charge >= 0.3 is 0 Å². The lowest BCUT2D eigenvalue weighted by molar-refractivity contribution is -0.134. The van der Waals surface area contributed by atoms with Crippen LogP contribution in [-0.4, -0.2) is 78.6 Å². The zero-order chi connectivity index (χ0) is 33.5. The number of benzene rings is 3. The van der Waals surface area contributed by atoms with Crippen LogP contribution in [0.3, 0.4) is 0 Å². The molecule has 1 unspecified atom stereocenters. The number of carbonyl (C=O) groups excluding carboxylic acids is 2. The zero-order valence-electron chi connectivity index (χ0n) is 28.4. The van der Waals surface area contributed by atoms with E-state index in [4.69, 9.17) is 28.4 Å². The molecule has 0 radical (unpaired) electrons. The van der Waals surface area contributed by atoms with Crippen molar-refractivity contribution in [1.82, 2.24) is 0 Å². The Hall–Kier alpha value is -3.56. The number of hydrogen-bond donors (Lipinski definition) is 0. The Labute approximate surface area is 284 Å². The van der Waals surface area contributed by atoms with E-state index >= 15 is 0 Å². The molecule has 4 aliphatic carbocycles.